The van der Waals surface area contributed by atoms with Gasteiger partial charge in [-0.1, -0.05) is 42.5 Å². The number of nitrogens with one attached hydrogen (secondary N) is 1. The Labute approximate surface area is 135 Å². The summed E-state index contributed by atoms with van der Waals surface area (Å²) in [5.41, 5.74) is 3.26. The summed E-state index contributed by atoms with van der Waals surface area (Å²) in [6, 6.07) is 15.5. The van der Waals surface area contributed by atoms with Gasteiger partial charge in [0, 0.05) is 11.3 Å². The molecule has 1 atom stereocenters. The fourth-order valence-corrected chi connectivity index (χ4v) is 3.76. The van der Waals surface area contributed by atoms with Crippen molar-refractivity contribution in [2.45, 2.75) is 25.3 Å². The molecule has 2 aliphatic heterocycles. The quantitative estimate of drug-likeness (QED) is 0.813. The predicted octanol–water partition coefficient (Wildman–Crippen LogP) is 2.85. The summed E-state index contributed by atoms with van der Waals surface area (Å²) in [6.45, 7) is 3.94. The van der Waals surface area contributed by atoms with Crippen LogP contribution in [0.25, 0.3) is 0 Å². The third-order valence-electron chi connectivity index (χ3n) is 4.88. The summed E-state index contributed by atoms with van der Waals surface area (Å²) >= 11 is 0. The molecule has 0 radical (unpaired) electrons. The Morgan fingerprint density at radius 2 is 1.65 bits per heavy atom. The Hall–Kier alpha value is -2.62. The van der Waals surface area contributed by atoms with Gasteiger partial charge in [-0.3, -0.25) is 9.59 Å². The molecule has 0 fully saturated rings. The summed E-state index contributed by atoms with van der Waals surface area (Å²) < 4.78 is 0. The van der Waals surface area contributed by atoms with Gasteiger partial charge in [0.05, 0.1) is 11.5 Å². The van der Waals surface area contributed by atoms with Gasteiger partial charge in [0.15, 0.2) is 0 Å². The number of benzene rings is 2. The van der Waals surface area contributed by atoms with Gasteiger partial charge in [0.2, 0.25) is 11.8 Å². The van der Waals surface area contributed by atoms with E-state index in [9.17, 15) is 9.59 Å². The van der Waals surface area contributed by atoms with Crippen LogP contribution in [0.15, 0.2) is 48.5 Å². The lowest BCUT2D eigenvalue weighted by atomic mass is 9.73. The Kier molecular flexibility index (Phi) is 2.85. The van der Waals surface area contributed by atoms with E-state index in [0.717, 1.165) is 22.4 Å². The van der Waals surface area contributed by atoms with Crippen molar-refractivity contribution in [3.05, 3.63) is 65.2 Å². The molecule has 0 aromatic heterocycles. The van der Waals surface area contributed by atoms with Crippen molar-refractivity contribution < 1.29 is 9.59 Å². The van der Waals surface area contributed by atoms with Crippen molar-refractivity contribution in [1.29, 1.82) is 0 Å². The molecule has 0 saturated heterocycles. The molecule has 116 valence electrons. The van der Waals surface area contributed by atoms with Crippen molar-refractivity contribution in [3.8, 4) is 0 Å². The largest absolute Gasteiger partial charge is 0.324 e. The zero-order valence-electron chi connectivity index (χ0n) is 13.2. The van der Waals surface area contributed by atoms with Gasteiger partial charge in [-0.25, -0.2) is 0 Å². The Morgan fingerprint density at radius 3 is 2.43 bits per heavy atom. The van der Waals surface area contributed by atoms with E-state index in [1.54, 1.807) is 4.90 Å². The van der Waals surface area contributed by atoms with Gasteiger partial charge in [-0.2, -0.15) is 0 Å². The number of amides is 2. The molecule has 2 aliphatic rings. The van der Waals surface area contributed by atoms with Crippen LogP contribution < -0.4 is 5.32 Å². The highest BCUT2D eigenvalue weighted by Gasteiger charge is 2.46. The highest BCUT2D eigenvalue weighted by molar-refractivity contribution is 6.00. The van der Waals surface area contributed by atoms with Crippen LogP contribution in [0.1, 0.15) is 36.6 Å². The van der Waals surface area contributed by atoms with Crippen molar-refractivity contribution in [1.82, 2.24) is 4.90 Å². The lowest BCUT2D eigenvalue weighted by molar-refractivity contribution is -0.142. The summed E-state index contributed by atoms with van der Waals surface area (Å²) in [6.07, 6.45) is 0. The molecule has 2 amide bonds. The molecule has 2 aromatic carbocycles. The first-order valence-corrected chi connectivity index (χ1v) is 7.79. The van der Waals surface area contributed by atoms with Crippen molar-refractivity contribution in [2.24, 2.45) is 0 Å². The smallest absolute Gasteiger partial charge is 0.244 e. The van der Waals surface area contributed by atoms with Gasteiger partial charge in [0.1, 0.15) is 6.54 Å². The van der Waals surface area contributed by atoms with Gasteiger partial charge < -0.3 is 10.2 Å². The van der Waals surface area contributed by atoms with Crippen LogP contribution in [0.4, 0.5) is 5.69 Å². The lowest BCUT2D eigenvalue weighted by Gasteiger charge is -2.43. The first-order valence-electron chi connectivity index (χ1n) is 7.79. The van der Waals surface area contributed by atoms with Crippen molar-refractivity contribution in [2.75, 3.05) is 11.9 Å². The molecule has 1 N–H and O–H groups in total. The molecule has 4 nitrogen and oxygen atoms in total. The van der Waals surface area contributed by atoms with Crippen LogP contribution in [-0.4, -0.2) is 23.3 Å². The molecule has 0 spiro atoms. The standard InChI is InChI=1S/C19H18N2O2/c1-19(2)14-9-5-3-7-12(14)17-13-8-4-6-10-15(13)20-16(22)11-21(17)18(19)23/h3-10,17H,11H2,1-2H3,(H,20,22). The van der Waals surface area contributed by atoms with E-state index < -0.39 is 5.41 Å². The Balaban J connectivity index is 2.03. The second kappa shape index (κ2) is 4.69. The van der Waals surface area contributed by atoms with Crippen LogP contribution in [0.3, 0.4) is 0 Å². The maximum atomic E-state index is 13.1. The number of rotatable bonds is 0. The second-order valence-electron chi connectivity index (χ2n) is 6.68. The number of anilines is 1. The summed E-state index contributed by atoms with van der Waals surface area (Å²) in [5.74, 6) is -0.156. The van der Waals surface area contributed by atoms with Crippen LogP contribution in [0.2, 0.25) is 0 Å². The second-order valence-corrected chi connectivity index (χ2v) is 6.68. The summed E-state index contributed by atoms with van der Waals surface area (Å²) in [5, 5.41) is 2.92. The topological polar surface area (TPSA) is 49.4 Å². The molecule has 0 aliphatic carbocycles. The van der Waals surface area contributed by atoms with Crippen molar-refractivity contribution >= 4 is 17.5 Å². The van der Waals surface area contributed by atoms with Crippen LogP contribution >= 0.6 is 0 Å². The normalized spacial score (nSPS) is 21.7. The lowest BCUT2D eigenvalue weighted by Crippen LogP contribution is -2.51. The van der Waals surface area contributed by atoms with E-state index in [1.165, 1.54) is 0 Å². The van der Waals surface area contributed by atoms with E-state index in [4.69, 9.17) is 0 Å². The minimum Gasteiger partial charge on any atom is -0.324 e. The van der Waals surface area contributed by atoms with Gasteiger partial charge >= 0.3 is 0 Å². The molecule has 2 heterocycles. The molecule has 4 rings (SSSR count). The minimum atomic E-state index is -0.632. The van der Waals surface area contributed by atoms with Crippen LogP contribution in [0.5, 0.6) is 0 Å². The van der Waals surface area contributed by atoms with E-state index >= 15 is 0 Å². The van der Waals surface area contributed by atoms with Crippen LogP contribution in [-0.2, 0) is 15.0 Å². The average Bonchev–Trinajstić information content (AvgIpc) is 2.69. The van der Waals surface area contributed by atoms with E-state index in [1.807, 2.05) is 56.3 Å². The minimum absolute atomic E-state index is 0.00643. The van der Waals surface area contributed by atoms with E-state index in [-0.39, 0.29) is 24.4 Å². The van der Waals surface area contributed by atoms with Gasteiger partial charge in [0.25, 0.3) is 0 Å². The van der Waals surface area contributed by atoms with Gasteiger partial charge in [-0.05, 0) is 31.0 Å². The zero-order valence-corrected chi connectivity index (χ0v) is 13.2. The monoisotopic (exact) mass is 306 g/mol. The number of carbonyl (C=O) groups excluding carboxylic acids is 2. The summed E-state index contributed by atoms with van der Waals surface area (Å²) in [4.78, 5) is 27.1. The maximum absolute atomic E-state index is 13.1. The number of hydrogen-bond acceptors (Lipinski definition) is 2. The first-order chi connectivity index (χ1) is 11.0. The third kappa shape index (κ3) is 1.91. The number of hydrogen-bond donors (Lipinski definition) is 1. The van der Waals surface area contributed by atoms with Crippen LogP contribution in [0, 0.1) is 0 Å². The summed E-state index contributed by atoms with van der Waals surface area (Å²) in [7, 11) is 0. The fourth-order valence-electron chi connectivity index (χ4n) is 3.76. The fraction of sp³-hybridized carbons (Fsp3) is 0.263. The maximum Gasteiger partial charge on any atom is 0.244 e. The number of fused-ring (bicyclic) bond motifs is 5. The molecule has 23 heavy (non-hydrogen) atoms. The molecule has 4 heteroatoms. The molecule has 0 bridgehead atoms. The molecule has 2 aromatic rings. The molecular weight excluding hydrogens is 288 g/mol. The Morgan fingerprint density at radius 1 is 1.00 bits per heavy atom. The van der Waals surface area contributed by atoms with E-state index in [2.05, 4.69) is 11.4 Å². The number of carbonyl (C=O) groups is 2. The first kappa shape index (κ1) is 14.0. The highest BCUT2D eigenvalue weighted by atomic mass is 16.2. The van der Waals surface area contributed by atoms with Crippen molar-refractivity contribution in [3.63, 3.8) is 0 Å². The SMILES string of the molecule is CC1(C)C(=O)N2CC(=O)Nc3ccccc3C2c2ccccc21. The predicted molar refractivity (Wildman–Crippen MR) is 88.1 cm³/mol. The molecular formula is C19H18N2O2. The number of para-hydroxylation sites is 1. The molecule has 1 unspecified atom stereocenters. The zero-order chi connectivity index (χ0) is 16.2. The number of nitrogens with zero attached hydrogens (tertiary/aromatic N) is 1. The molecule has 0 saturated carbocycles. The Bertz CT molecular complexity index is 826. The van der Waals surface area contributed by atoms with Gasteiger partial charge in [-0.15, -0.1) is 0 Å². The van der Waals surface area contributed by atoms with E-state index in [0.29, 0.717) is 0 Å². The highest BCUT2D eigenvalue weighted by Crippen LogP contribution is 2.45. The average molecular weight is 306 g/mol. The third-order valence-corrected chi connectivity index (χ3v) is 4.88.